The van der Waals surface area contributed by atoms with E-state index in [0.717, 1.165) is 30.0 Å². The van der Waals surface area contributed by atoms with Crippen molar-refractivity contribution in [3.8, 4) is 0 Å². The molecule has 7 heteroatoms. The summed E-state index contributed by atoms with van der Waals surface area (Å²) < 4.78 is 0. The van der Waals surface area contributed by atoms with E-state index in [1.54, 1.807) is 6.07 Å². The lowest BCUT2D eigenvalue weighted by Gasteiger charge is -1.99. The maximum absolute atomic E-state index is 12.0. The summed E-state index contributed by atoms with van der Waals surface area (Å²) in [5, 5.41) is 19.1. The number of carbonyl (C=O) groups is 1. The first-order chi connectivity index (χ1) is 9.58. The minimum absolute atomic E-state index is 0.254. The number of anilines is 1. The van der Waals surface area contributed by atoms with Gasteiger partial charge in [0.15, 0.2) is 5.69 Å². The van der Waals surface area contributed by atoms with E-state index in [2.05, 4.69) is 46.5 Å². The molecule has 2 aromatic heterocycles. The van der Waals surface area contributed by atoms with Gasteiger partial charge in [-0.25, -0.2) is 0 Å². The van der Waals surface area contributed by atoms with Crippen LogP contribution < -0.4 is 5.32 Å². The molecule has 0 aliphatic carbocycles. The Hall–Kier alpha value is -1.76. The summed E-state index contributed by atoms with van der Waals surface area (Å²) in [6, 6.07) is 1.78. The molecule has 0 radical (unpaired) electrons. The second-order valence-electron chi connectivity index (χ2n) is 5.08. The van der Waals surface area contributed by atoms with E-state index in [1.807, 2.05) is 0 Å². The predicted octanol–water partition coefficient (Wildman–Crippen LogP) is 2.66. The molecule has 0 spiro atoms. The number of carbonyl (C=O) groups excluding carboxylic acids is 1. The zero-order valence-corrected chi connectivity index (χ0v) is 12.8. The van der Waals surface area contributed by atoms with E-state index in [4.69, 9.17) is 0 Å². The summed E-state index contributed by atoms with van der Waals surface area (Å²) in [5.74, 6) is 0.265. The number of amides is 1. The molecule has 0 aliphatic rings. The van der Waals surface area contributed by atoms with Crippen molar-refractivity contribution in [1.29, 1.82) is 0 Å². The van der Waals surface area contributed by atoms with Crippen LogP contribution in [0.4, 0.5) is 5.13 Å². The molecule has 0 saturated heterocycles. The normalized spacial score (nSPS) is 11.0. The number of hydrogen-bond donors (Lipinski definition) is 2. The Bertz CT molecular complexity index is 575. The molecular formula is C13H19N5OS. The van der Waals surface area contributed by atoms with E-state index in [1.165, 1.54) is 11.3 Å². The number of rotatable bonds is 6. The van der Waals surface area contributed by atoms with Crippen molar-refractivity contribution in [3.05, 3.63) is 22.5 Å². The first kappa shape index (κ1) is 14.6. The standard InChI is InChI=1S/C13H19N5OS/c1-4-5-11-17-18-13(20-11)14-12(19)10-7-9(15-16-10)6-8(2)3/h7-8H,4-6H2,1-3H3,(H,15,16)(H,14,18,19). The van der Waals surface area contributed by atoms with Gasteiger partial charge >= 0.3 is 0 Å². The van der Waals surface area contributed by atoms with Gasteiger partial charge in [0, 0.05) is 12.1 Å². The van der Waals surface area contributed by atoms with E-state index in [0.29, 0.717) is 16.7 Å². The lowest BCUT2D eigenvalue weighted by atomic mass is 10.1. The van der Waals surface area contributed by atoms with Crippen molar-refractivity contribution in [2.45, 2.75) is 40.0 Å². The molecule has 0 bridgehead atoms. The Morgan fingerprint density at radius 1 is 1.45 bits per heavy atom. The largest absolute Gasteiger partial charge is 0.295 e. The van der Waals surface area contributed by atoms with Gasteiger partial charge in [-0.15, -0.1) is 10.2 Å². The molecule has 0 aliphatic heterocycles. The molecule has 0 saturated carbocycles. The Balaban J connectivity index is 1.98. The van der Waals surface area contributed by atoms with Crippen LogP contribution in [0.3, 0.4) is 0 Å². The van der Waals surface area contributed by atoms with Crippen LogP contribution in [0.15, 0.2) is 6.07 Å². The number of nitrogens with one attached hydrogen (secondary N) is 2. The van der Waals surface area contributed by atoms with Crippen molar-refractivity contribution in [2.24, 2.45) is 5.92 Å². The van der Waals surface area contributed by atoms with Gasteiger partial charge < -0.3 is 0 Å². The van der Waals surface area contributed by atoms with Crippen LogP contribution in [0, 0.1) is 5.92 Å². The summed E-state index contributed by atoms with van der Waals surface area (Å²) in [7, 11) is 0. The summed E-state index contributed by atoms with van der Waals surface area (Å²) in [5.41, 5.74) is 1.35. The first-order valence-electron chi connectivity index (χ1n) is 6.76. The number of aromatic nitrogens is 4. The third-order valence-corrected chi connectivity index (χ3v) is 3.54. The van der Waals surface area contributed by atoms with Crippen LogP contribution in [0.25, 0.3) is 0 Å². The monoisotopic (exact) mass is 293 g/mol. The van der Waals surface area contributed by atoms with Crippen molar-refractivity contribution >= 4 is 22.4 Å². The Labute approximate surface area is 122 Å². The van der Waals surface area contributed by atoms with E-state index >= 15 is 0 Å². The molecule has 0 fully saturated rings. The molecule has 1 amide bonds. The Kier molecular flexibility index (Phi) is 4.84. The smallest absolute Gasteiger partial charge is 0.277 e. The number of aryl methyl sites for hydroxylation is 1. The van der Waals surface area contributed by atoms with Gasteiger partial charge in [-0.05, 0) is 24.8 Å². The van der Waals surface area contributed by atoms with Gasteiger partial charge in [-0.2, -0.15) is 5.10 Å². The van der Waals surface area contributed by atoms with Crippen LogP contribution in [0.1, 0.15) is 48.4 Å². The molecule has 20 heavy (non-hydrogen) atoms. The number of nitrogens with zero attached hydrogens (tertiary/aromatic N) is 3. The molecule has 0 unspecified atom stereocenters. The molecule has 0 aromatic carbocycles. The van der Waals surface area contributed by atoms with Gasteiger partial charge in [0.25, 0.3) is 5.91 Å². The predicted molar refractivity (Wildman–Crippen MR) is 79.0 cm³/mol. The summed E-state index contributed by atoms with van der Waals surface area (Å²) in [6.07, 6.45) is 2.77. The Morgan fingerprint density at radius 2 is 2.25 bits per heavy atom. The van der Waals surface area contributed by atoms with Crippen LogP contribution in [0.2, 0.25) is 0 Å². The minimum atomic E-state index is -0.254. The molecule has 2 N–H and O–H groups in total. The zero-order chi connectivity index (χ0) is 14.5. The highest BCUT2D eigenvalue weighted by atomic mass is 32.1. The van der Waals surface area contributed by atoms with Gasteiger partial charge in [0.05, 0.1) is 0 Å². The molecule has 2 rings (SSSR count). The highest BCUT2D eigenvalue weighted by molar-refractivity contribution is 7.15. The van der Waals surface area contributed by atoms with E-state index in [9.17, 15) is 4.79 Å². The Morgan fingerprint density at radius 3 is 2.95 bits per heavy atom. The van der Waals surface area contributed by atoms with Crippen LogP contribution >= 0.6 is 11.3 Å². The summed E-state index contributed by atoms with van der Waals surface area (Å²) in [6.45, 7) is 6.33. The molecule has 108 valence electrons. The highest BCUT2D eigenvalue weighted by Crippen LogP contribution is 2.17. The van der Waals surface area contributed by atoms with Crippen molar-refractivity contribution in [1.82, 2.24) is 20.4 Å². The van der Waals surface area contributed by atoms with Gasteiger partial charge in [0.1, 0.15) is 5.01 Å². The minimum Gasteiger partial charge on any atom is -0.295 e. The topological polar surface area (TPSA) is 83.6 Å². The second-order valence-corrected chi connectivity index (χ2v) is 6.14. The highest BCUT2D eigenvalue weighted by Gasteiger charge is 2.13. The van der Waals surface area contributed by atoms with Crippen LogP contribution in [-0.4, -0.2) is 26.3 Å². The SMILES string of the molecule is CCCc1nnc(NC(=O)c2cc(CC(C)C)[nH]n2)s1. The van der Waals surface area contributed by atoms with Gasteiger partial charge in [0.2, 0.25) is 5.13 Å². The number of hydrogen-bond acceptors (Lipinski definition) is 5. The zero-order valence-electron chi connectivity index (χ0n) is 11.9. The van der Waals surface area contributed by atoms with E-state index in [-0.39, 0.29) is 5.91 Å². The summed E-state index contributed by atoms with van der Waals surface area (Å²) in [4.78, 5) is 12.0. The average Bonchev–Trinajstić information content (AvgIpc) is 2.99. The molecule has 6 nitrogen and oxygen atoms in total. The summed E-state index contributed by atoms with van der Waals surface area (Å²) >= 11 is 1.41. The maximum Gasteiger partial charge on any atom is 0.277 e. The molecule has 0 atom stereocenters. The number of aromatic amines is 1. The fourth-order valence-corrected chi connectivity index (χ4v) is 2.64. The van der Waals surface area contributed by atoms with Gasteiger partial charge in [-0.3, -0.25) is 15.2 Å². The first-order valence-corrected chi connectivity index (χ1v) is 7.58. The fourth-order valence-electron chi connectivity index (χ4n) is 1.80. The maximum atomic E-state index is 12.0. The molecule has 2 aromatic rings. The average molecular weight is 293 g/mol. The molecule has 2 heterocycles. The van der Waals surface area contributed by atoms with Crippen LogP contribution in [-0.2, 0) is 12.8 Å². The van der Waals surface area contributed by atoms with Crippen molar-refractivity contribution < 1.29 is 4.79 Å². The van der Waals surface area contributed by atoms with Crippen molar-refractivity contribution in [3.63, 3.8) is 0 Å². The third-order valence-electron chi connectivity index (χ3n) is 2.64. The second kappa shape index (κ2) is 6.60. The lowest BCUT2D eigenvalue weighted by molar-refractivity contribution is 0.102. The van der Waals surface area contributed by atoms with Gasteiger partial charge in [-0.1, -0.05) is 32.1 Å². The fraction of sp³-hybridized carbons (Fsp3) is 0.538. The van der Waals surface area contributed by atoms with Crippen molar-refractivity contribution in [2.75, 3.05) is 5.32 Å². The van der Waals surface area contributed by atoms with E-state index < -0.39 is 0 Å². The lowest BCUT2D eigenvalue weighted by Crippen LogP contribution is -2.12. The quantitative estimate of drug-likeness (QED) is 0.857. The number of H-pyrrole nitrogens is 1. The third kappa shape index (κ3) is 3.86. The van der Waals surface area contributed by atoms with Crippen LogP contribution in [0.5, 0.6) is 0 Å². The molecular weight excluding hydrogens is 274 g/mol.